The highest BCUT2D eigenvalue weighted by atomic mass is 16.4. The van der Waals surface area contributed by atoms with Crippen LogP contribution in [0.5, 0.6) is 5.75 Å². The third-order valence-corrected chi connectivity index (χ3v) is 4.13. The van der Waals surface area contributed by atoms with E-state index in [1.807, 2.05) is 6.92 Å². The van der Waals surface area contributed by atoms with Crippen molar-refractivity contribution in [2.24, 2.45) is 5.92 Å². The summed E-state index contributed by atoms with van der Waals surface area (Å²) in [6.07, 6.45) is 2.68. The largest absolute Gasteiger partial charge is 0.508 e. The van der Waals surface area contributed by atoms with E-state index < -0.39 is 11.5 Å². The summed E-state index contributed by atoms with van der Waals surface area (Å²) in [6, 6.07) is 6.58. The first kappa shape index (κ1) is 15.4. The lowest BCUT2D eigenvalue weighted by molar-refractivity contribution is -0.150. The molecule has 1 aromatic rings. The molecule has 0 aromatic heterocycles. The lowest BCUT2D eigenvalue weighted by Gasteiger charge is -2.37. The molecule has 21 heavy (non-hydrogen) atoms. The summed E-state index contributed by atoms with van der Waals surface area (Å²) in [6.45, 7) is 2.01. The van der Waals surface area contributed by atoms with Crippen molar-refractivity contribution in [3.05, 3.63) is 29.8 Å². The highest BCUT2D eigenvalue weighted by molar-refractivity contribution is 5.88. The Morgan fingerprint density at radius 1 is 1.38 bits per heavy atom. The van der Waals surface area contributed by atoms with Crippen LogP contribution in [-0.2, 0) is 16.0 Å². The Kier molecular flexibility index (Phi) is 4.50. The predicted molar refractivity (Wildman–Crippen MR) is 78.0 cm³/mol. The van der Waals surface area contributed by atoms with Gasteiger partial charge in [0.25, 0.3) is 0 Å². The number of phenolic OH excluding ortho intramolecular Hbond substituents is 1. The molecule has 5 heteroatoms. The van der Waals surface area contributed by atoms with Crippen LogP contribution in [0.3, 0.4) is 0 Å². The Labute approximate surface area is 124 Å². The van der Waals surface area contributed by atoms with Gasteiger partial charge < -0.3 is 15.5 Å². The highest BCUT2D eigenvalue weighted by Crippen LogP contribution is 2.32. The molecular weight excluding hydrogens is 270 g/mol. The average molecular weight is 291 g/mol. The molecule has 0 heterocycles. The van der Waals surface area contributed by atoms with Gasteiger partial charge in [-0.1, -0.05) is 38.0 Å². The van der Waals surface area contributed by atoms with Crippen molar-refractivity contribution in [3.63, 3.8) is 0 Å². The van der Waals surface area contributed by atoms with E-state index in [-0.39, 0.29) is 24.0 Å². The number of phenols is 1. The topological polar surface area (TPSA) is 86.6 Å². The maximum Gasteiger partial charge on any atom is 0.329 e. The quantitative estimate of drug-likeness (QED) is 0.792. The zero-order chi connectivity index (χ0) is 15.5. The Balaban J connectivity index is 2.09. The number of carboxylic acids is 1. The maximum absolute atomic E-state index is 12.2. The Bertz CT molecular complexity index is 543. The molecule has 3 N–H and O–H groups in total. The molecule has 0 bridgehead atoms. The fraction of sp³-hybridized carbons (Fsp3) is 0.500. The molecule has 114 valence electrons. The summed E-state index contributed by atoms with van der Waals surface area (Å²) in [5, 5.41) is 21.9. The summed E-state index contributed by atoms with van der Waals surface area (Å²) >= 11 is 0. The van der Waals surface area contributed by atoms with Gasteiger partial charge in [0.05, 0.1) is 6.42 Å². The van der Waals surface area contributed by atoms with Gasteiger partial charge in [0.15, 0.2) is 0 Å². The highest BCUT2D eigenvalue weighted by Gasteiger charge is 2.43. The molecule has 1 aromatic carbocycles. The number of amides is 1. The average Bonchev–Trinajstić information content (AvgIpc) is 2.41. The normalized spacial score (nSPS) is 25.3. The van der Waals surface area contributed by atoms with E-state index in [1.54, 1.807) is 18.2 Å². The van der Waals surface area contributed by atoms with Gasteiger partial charge in [-0.3, -0.25) is 4.79 Å². The number of aromatic hydroxyl groups is 1. The maximum atomic E-state index is 12.2. The van der Waals surface area contributed by atoms with Crippen molar-refractivity contribution < 1.29 is 19.8 Å². The van der Waals surface area contributed by atoms with Gasteiger partial charge in [-0.25, -0.2) is 4.79 Å². The molecule has 0 saturated heterocycles. The van der Waals surface area contributed by atoms with Crippen LogP contribution in [0.25, 0.3) is 0 Å². The minimum Gasteiger partial charge on any atom is -0.508 e. The van der Waals surface area contributed by atoms with Crippen molar-refractivity contribution in [2.75, 3.05) is 0 Å². The molecule has 1 saturated carbocycles. The second-order valence-corrected chi connectivity index (χ2v) is 5.94. The van der Waals surface area contributed by atoms with Crippen LogP contribution in [0.2, 0.25) is 0 Å². The number of para-hydroxylation sites is 1. The number of carboxylic acid groups (broad SMARTS) is 1. The third-order valence-electron chi connectivity index (χ3n) is 4.13. The molecule has 0 spiro atoms. The molecular formula is C16H21NO4. The lowest BCUT2D eigenvalue weighted by atomic mass is 9.76. The summed E-state index contributed by atoms with van der Waals surface area (Å²) in [4.78, 5) is 23.8. The minimum absolute atomic E-state index is 0.0178. The number of carbonyl (C=O) groups excluding carboxylic acids is 1. The number of aliphatic carboxylic acids is 1. The first-order chi connectivity index (χ1) is 9.93. The van der Waals surface area contributed by atoms with Crippen LogP contribution >= 0.6 is 0 Å². The van der Waals surface area contributed by atoms with Crippen molar-refractivity contribution in [2.45, 2.75) is 44.6 Å². The Morgan fingerprint density at radius 3 is 2.71 bits per heavy atom. The lowest BCUT2D eigenvalue weighted by Crippen LogP contribution is -2.57. The summed E-state index contributed by atoms with van der Waals surface area (Å²) < 4.78 is 0. The first-order valence-corrected chi connectivity index (χ1v) is 7.24. The second-order valence-electron chi connectivity index (χ2n) is 5.94. The SMILES string of the molecule is CC1CCCC(NC(=O)Cc2ccccc2O)(C(=O)O)C1. The molecule has 2 unspecified atom stereocenters. The number of rotatable bonds is 4. The van der Waals surface area contributed by atoms with Gasteiger partial charge in [-0.05, 0) is 24.8 Å². The zero-order valence-electron chi connectivity index (χ0n) is 12.1. The van der Waals surface area contributed by atoms with Gasteiger partial charge in [0.2, 0.25) is 5.91 Å². The van der Waals surface area contributed by atoms with Crippen LogP contribution in [0, 0.1) is 5.92 Å². The second kappa shape index (κ2) is 6.16. The molecule has 2 atom stereocenters. The Morgan fingerprint density at radius 2 is 2.10 bits per heavy atom. The fourth-order valence-electron chi connectivity index (χ4n) is 3.06. The smallest absolute Gasteiger partial charge is 0.329 e. The van der Waals surface area contributed by atoms with Gasteiger partial charge in [0.1, 0.15) is 11.3 Å². The number of hydrogen-bond acceptors (Lipinski definition) is 3. The number of hydrogen-bond donors (Lipinski definition) is 3. The van der Waals surface area contributed by atoms with Crippen LogP contribution in [0.4, 0.5) is 0 Å². The molecule has 1 amide bonds. The zero-order valence-corrected chi connectivity index (χ0v) is 12.1. The number of benzene rings is 1. The van der Waals surface area contributed by atoms with Crippen LogP contribution in [-0.4, -0.2) is 27.6 Å². The van der Waals surface area contributed by atoms with Gasteiger partial charge >= 0.3 is 5.97 Å². The van der Waals surface area contributed by atoms with E-state index in [9.17, 15) is 19.8 Å². The predicted octanol–water partition coefficient (Wildman–Crippen LogP) is 2.08. The van der Waals surface area contributed by atoms with Crippen molar-refractivity contribution in [1.29, 1.82) is 0 Å². The number of carbonyl (C=O) groups is 2. The summed E-state index contributed by atoms with van der Waals surface area (Å²) in [7, 11) is 0. The molecule has 1 aliphatic carbocycles. The first-order valence-electron chi connectivity index (χ1n) is 7.24. The molecule has 5 nitrogen and oxygen atoms in total. The van der Waals surface area contributed by atoms with Gasteiger partial charge in [-0.15, -0.1) is 0 Å². The molecule has 0 radical (unpaired) electrons. The van der Waals surface area contributed by atoms with E-state index >= 15 is 0 Å². The standard InChI is InChI=1S/C16H21NO4/c1-11-5-4-8-16(10-11,15(20)21)17-14(19)9-12-6-2-3-7-13(12)18/h2-3,6-7,11,18H,4-5,8-10H2,1H3,(H,17,19)(H,20,21). The molecule has 2 rings (SSSR count). The monoisotopic (exact) mass is 291 g/mol. The van der Waals surface area contributed by atoms with Crippen LogP contribution < -0.4 is 5.32 Å². The third kappa shape index (κ3) is 3.54. The molecule has 1 aliphatic rings. The van der Waals surface area contributed by atoms with Crippen LogP contribution in [0.15, 0.2) is 24.3 Å². The molecule has 1 fully saturated rings. The van der Waals surface area contributed by atoms with E-state index in [1.165, 1.54) is 6.07 Å². The van der Waals surface area contributed by atoms with Crippen molar-refractivity contribution >= 4 is 11.9 Å². The van der Waals surface area contributed by atoms with Crippen LogP contribution in [0.1, 0.15) is 38.2 Å². The fourth-order valence-corrected chi connectivity index (χ4v) is 3.06. The van der Waals surface area contributed by atoms with E-state index in [4.69, 9.17) is 0 Å². The minimum atomic E-state index is -1.17. The summed E-state index contributed by atoms with van der Waals surface area (Å²) in [5.74, 6) is -1.01. The van der Waals surface area contributed by atoms with Gasteiger partial charge in [-0.2, -0.15) is 0 Å². The molecule has 0 aliphatic heterocycles. The van der Waals surface area contributed by atoms with Crippen molar-refractivity contribution in [1.82, 2.24) is 5.32 Å². The van der Waals surface area contributed by atoms with E-state index in [0.717, 1.165) is 12.8 Å². The van der Waals surface area contributed by atoms with Crippen molar-refractivity contribution in [3.8, 4) is 5.75 Å². The van der Waals surface area contributed by atoms with E-state index in [2.05, 4.69) is 5.32 Å². The Hall–Kier alpha value is -2.04. The number of nitrogens with one attached hydrogen (secondary N) is 1. The van der Waals surface area contributed by atoms with Gasteiger partial charge in [0, 0.05) is 5.56 Å². The van der Waals surface area contributed by atoms with E-state index in [0.29, 0.717) is 18.4 Å². The summed E-state index contributed by atoms with van der Waals surface area (Å²) in [5.41, 5.74) is -0.668.